The fourth-order valence-electron chi connectivity index (χ4n) is 2.91. The van der Waals surface area contributed by atoms with Crippen LogP contribution in [-0.2, 0) is 23.1 Å². The third-order valence-corrected chi connectivity index (χ3v) is 15.8. The molecule has 0 saturated carbocycles. The summed E-state index contributed by atoms with van der Waals surface area (Å²) in [6.45, 7) is 23.1. The van der Waals surface area contributed by atoms with Gasteiger partial charge in [-0.25, -0.2) is 0 Å². The minimum atomic E-state index is -2.06. The molecule has 2 aliphatic rings. The van der Waals surface area contributed by atoms with E-state index in [-0.39, 0.29) is 41.3 Å². The van der Waals surface area contributed by atoms with Gasteiger partial charge < -0.3 is 18.3 Å². The summed E-state index contributed by atoms with van der Waals surface area (Å²) < 4.78 is 25.0. The average Bonchev–Trinajstić information content (AvgIpc) is 2.94. The number of carbonyl (C=O) groups is 1. The van der Waals surface area contributed by atoms with Crippen molar-refractivity contribution in [3.8, 4) is 0 Å². The minimum Gasteiger partial charge on any atom is -0.462 e. The topological polar surface area (TPSA) is 54.0 Å². The quantitative estimate of drug-likeness (QED) is 0.512. The minimum absolute atomic E-state index is 0.0712. The molecule has 2 rings (SSSR count). The SMILES string of the molecule is CC(C)(C)[Si](C)(C)OC1CO[C@]2(COC(=O)C2)C1O[Si](C)(C)C(C)(C)C. The van der Waals surface area contributed by atoms with E-state index in [1.54, 1.807) is 0 Å². The molecule has 1 spiro atoms. The molecular weight excluding hydrogens is 364 g/mol. The normalized spacial score (nSPS) is 30.9. The molecule has 0 aromatic carbocycles. The maximum atomic E-state index is 11.9. The van der Waals surface area contributed by atoms with Crippen LogP contribution in [0.3, 0.4) is 0 Å². The Hall–Kier alpha value is -0.216. The summed E-state index contributed by atoms with van der Waals surface area (Å²) in [4.78, 5) is 11.9. The fraction of sp³-hybridized carbons (Fsp3) is 0.947. The molecule has 2 aliphatic heterocycles. The molecule has 5 nitrogen and oxygen atoms in total. The Morgan fingerprint density at radius 1 is 0.962 bits per heavy atom. The Morgan fingerprint density at radius 2 is 1.46 bits per heavy atom. The third kappa shape index (κ3) is 4.11. The number of ether oxygens (including phenoxy) is 2. The second kappa shape index (κ2) is 6.69. The van der Waals surface area contributed by atoms with Crippen LogP contribution in [0.1, 0.15) is 48.0 Å². The lowest BCUT2D eigenvalue weighted by Crippen LogP contribution is -2.56. The van der Waals surface area contributed by atoms with Crippen LogP contribution in [0.15, 0.2) is 0 Å². The van der Waals surface area contributed by atoms with Crippen molar-refractivity contribution in [3.05, 3.63) is 0 Å². The van der Waals surface area contributed by atoms with E-state index in [4.69, 9.17) is 18.3 Å². The van der Waals surface area contributed by atoms with Gasteiger partial charge in [-0.1, -0.05) is 41.5 Å². The van der Waals surface area contributed by atoms with Crippen LogP contribution < -0.4 is 0 Å². The molecule has 2 unspecified atom stereocenters. The Kier molecular flexibility index (Phi) is 5.68. The van der Waals surface area contributed by atoms with Crippen molar-refractivity contribution in [1.29, 1.82) is 0 Å². The van der Waals surface area contributed by atoms with Crippen LogP contribution in [0.4, 0.5) is 0 Å². The summed E-state index contributed by atoms with van der Waals surface area (Å²) in [6, 6.07) is 0. The first-order valence-electron chi connectivity index (χ1n) is 9.66. The van der Waals surface area contributed by atoms with Crippen molar-refractivity contribution in [2.45, 2.75) is 102 Å². The summed E-state index contributed by atoms with van der Waals surface area (Å²) in [7, 11) is -4.05. The molecule has 0 amide bonds. The Bertz CT molecular complexity index is 547. The fourth-order valence-corrected chi connectivity index (χ4v) is 5.57. The summed E-state index contributed by atoms with van der Waals surface area (Å²) in [6.07, 6.45) is -0.160. The van der Waals surface area contributed by atoms with E-state index < -0.39 is 22.2 Å². The summed E-state index contributed by atoms with van der Waals surface area (Å²) in [5.41, 5.74) is -0.695. The van der Waals surface area contributed by atoms with Crippen molar-refractivity contribution in [1.82, 2.24) is 0 Å². The van der Waals surface area contributed by atoms with Crippen LogP contribution in [0.5, 0.6) is 0 Å². The van der Waals surface area contributed by atoms with Gasteiger partial charge in [-0.3, -0.25) is 4.79 Å². The van der Waals surface area contributed by atoms with E-state index in [2.05, 4.69) is 67.7 Å². The van der Waals surface area contributed by atoms with Crippen molar-refractivity contribution in [2.24, 2.45) is 0 Å². The van der Waals surface area contributed by atoms with E-state index in [0.29, 0.717) is 6.61 Å². The lowest BCUT2D eigenvalue weighted by atomic mass is 9.95. The molecule has 3 atom stereocenters. The van der Waals surface area contributed by atoms with Crippen LogP contribution >= 0.6 is 0 Å². The molecule has 2 heterocycles. The zero-order chi connectivity index (χ0) is 20.2. The molecule has 0 aliphatic carbocycles. The van der Waals surface area contributed by atoms with Crippen molar-refractivity contribution < 1.29 is 23.1 Å². The molecule has 0 aromatic heterocycles. The molecule has 0 bridgehead atoms. The van der Waals surface area contributed by atoms with Crippen LogP contribution in [0, 0.1) is 0 Å². The van der Waals surface area contributed by atoms with Gasteiger partial charge in [0.2, 0.25) is 0 Å². The zero-order valence-electron chi connectivity index (χ0n) is 18.3. The molecule has 2 fully saturated rings. The van der Waals surface area contributed by atoms with Gasteiger partial charge in [0.25, 0.3) is 0 Å². The van der Waals surface area contributed by atoms with Crippen molar-refractivity contribution in [2.75, 3.05) is 13.2 Å². The van der Waals surface area contributed by atoms with Gasteiger partial charge in [-0.2, -0.15) is 0 Å². The van der Waals surface area contributed by atoms with Crippen molar-refractivity contribution in [3.63, 3.8) is 0 Å². The van der Waals surface area contributed by atoms with Crippen LogP contribution in [-0.4, -0.2) is 53.6 Å². The van der Waals surface area contributed by atoms with Gasteiger partial charge in [0.15, 0.2) is 16.6 Å². The van der Waals surface area contributed by atoms with E-state index in [1.807, 2.05) is 0 Å². The predicted octanol–water partition coefficient (Wildman–Crippen LogP) is 4.48. The molecule has 152 valence electrons. The van der Waals surface area contributed by atoms with E-state index in [1.165, 1.54) is 0 Å². The Morgan fingerprint density at radius 3 is 1.88 bits per heavy atom. The number of carbonyl (C=O) groups excluding carboxylic acids is 1. The van der Waals surface area contributed by atoms with Gasteiger partial charge in [0, 0.05) is 0 Å². The molecule has 0 radical (unpaired) electrons. The Labute approximate surface area is 161 Å². The molecule has 7 heteroatoms. The lowest BCUT2D eigenvalue weighted by Gasteiger charge is -2.44. The van der Waals surface area contributed by atoms with Gasteiger partial charge >= 0.3 is 5.97 Å². The summed E-state index contributed by atoms with van der Waals surface area (Å²) in [5.74, 6) is -0.207. The van der Waals surface area contributed by atoms with Crippen LogP contribution in [0.2, 0.25) is 36.3 Å². The van der Waals surface area contributed by atoms with Gasteiger partial charge in [0.05, 0.1) is 19.1 Å². The highest BCUT2D eigenvalue weighted by atomic mass is 28.4. The number of rotatable bonds is 4. The highest BCUT2D eigenvalue weighted by Gasteiger charge is 2.60. The van der Waals surface area contributed by atoms with E-state index in [9.17, 15) is 4.79 Å². The molecular formula is C19H38O5Si2. The maximum Gasteiger partial charge on any atom is 0.309 e. The molecule has 0 N–H and O–H groups in total. The first-order chi connectivity index (χ1) is 11.5. The first kappa shape index (κ1) is 22.1. The zero-order valence-corrected chi connectivity index (χ0v) is 20.3. The summed E-state index contributed by atoms with van der Waals surface area (Å²) >= 11 is 0. The van der Waals surface area contributed by atoms with Gasteiger partial charge in [-0.15, -0.1) is 0 Å². The van der Waals surface area contributed by atoms with Crippen molar-refractivity contribution >= 4 is 22.6 Å². The van der Waals surface area contributed by atoms with E-state index in [0.717, 1.165) is 0 Å². The second-order valence-corrected chi connectivity index (χ2v) is 20.4. The number of esters is 1. The maximum absolute atomic E-state index is 11.9. The van der Waals surface area contributed by atoms with Gasteiger partial charge in [-0.05, 0) is 36.3 Å². The molecule has 26 heavy (non-hydrogen) atoms. The highest BCUT2D eigenvalue weighted by Crippen LogP contribution is 2.46. The monoisotopic (exact) mass is 402 g/mol. The third-order valence-electron chi connectivity index (χ3n) is 6.79. The molecule has 2 saturated heterocycles. The Balaban J connectivity index is 2.32. The standard InChI is InChI=1S/C19H38O5Si2/c1-17(2,3)25(7,8)23-14-12-22-19(11-15(20)21-13-19)16(14)24-26(9,10)18(4,5)6/h14,16H,11-13H2,1-10H3/t14?,16?,19-/m1/s1. The average molecular weight is 403 g/mol. The number of hydrogen-bond donors (Lipinski definition) is 0. The van der Waals surface area contributed by atoms with E-state index >= 15 is 0 Å². The summed E-state index contributed by atoms with van der Waals surface area (Å²) in [5, 5.41) is 0.175. The largest absolute Gasteiger partial charge is 0.462 e. The smallest absolute Gasteiger partial charge is 0.309 e. The second-order valence-electron chi connectivity index (χ2n) is 10.9. The molecule has 0 aromatic rings. The number of cyclic esters (lactones) is 1. The van der Waals surface area contributed by atoms with Gasteiger partial charge in [0.1, 0.15) is 18.3 Å². The first-order valence-corrected chi connectivity index (χ1v) is 15.5. The number of hydrogen-bond acceptors (Lipinski definition) is 5. The van der Waals surface area contributed by atoms with Crippen LogP contribution in [0.25, 0.3) is 0 Å². The highest BCUT2D eigenvalue weighted by molar-refractivity contribution is 6.74. The predicted molar refractivity (Wildman–Crippen MR) is 108 cm³/mol. The lowest BCUT2D eigenvalue weighted by molar-refractivity contribution is -0.137.